The lowest BCUT2D eigenvalue weighted by Gasteiger charge is -2.54. The maximum Gasteiger partial charge on any atom is -0.0000000000000851 e. The van der Waals surface area contributed by atoms with Gasteiger partial charge in [-0.15, -0.1) is 0 Å². The second kappa shape index (κ2) is 19.1. The zero-order valence-electron chi connectivity index (χ0n) is 21.9. The Labute approximate surface area is 275 Å². The quantitative estimate of drug-likeness (QED) is 0.192. The predicted octanol–water partition coefficient (Wildman–Crippen LogP) is -15.7. The molecule has 0 fully saturated rings. The van der Waals surface area contributed by atoms with Crippen molar-refractivity contribution in [3.63, 3.8) is 0 Å². The number of hydrogen-bond donors (Lipinski definition) is 0. The summed E-state index contributed by atoms with van der Waals surface area (Å²) in [6, 6.07) is 0. The van der Waals surface area contributed by atoms with Crippen LogP contribution in [0.25, 0.3) is 0 Å². The molecular formula is H3B39-. The highest BCUT2D eigenvalue weighted by molar-refractivity contribution is 8.31. The van der Waals surface area contributed by atoms with E-state index < -0.39 is 115 Å². The smallest absolute Gasteiger partial charge is 0.0000000000000851 e. The standard InChI is InChI=1S/B39H3/c1-21-31(20)36(30(18)19)39(37(32(22(2)3)23(4)5)33(24(6)7)25(8)9)38(34(26(10)11)27(12)13)35(28(14)15)29(16)17/h1H3/q-1. The van der Waals surface area contributed by atoms with Gasteiger partial charge in [-0.25, -0.2) is 0 Å². The molecule has 0 aliphatic heterocycles. The van der Waals surface area contributed by atoms with Crippen LogP contribution in [0.5, 0.6) is 0 Å². The molecule has 0 rings (SSSR count). The van der Waals surface area contributed by atoms with E-state index in [-0.39, 0.29) is 7.74 Å². The van der Waals surface area contributed by atoms with Gasteiger partial charge in [0.2, 0.25) is 0 Å². The average molecular weight is 425 g/mol. The van der Waals surface area contributed by atoms with Gasteiger partial charge in [-0.1, -0.05) is 7.74 Å². The predicted molar refractivity (Wildman–Crippen MR) is 229 cm³/mol. The highest BCUT2D eigenvalue weighted by Crippen LogP contribution is 2.18. The van der Waals surface area contributed by atoms with Gasteiger partial charge >= 0.3 is 0 Å². The average Bonchev–Trinajstić information content (AvgIpc) is 2.73. The molecule has 0 aliphatic rings. The highest BCUT2D eigenvalue weighted by Gasteiger charge is 2.56. The summed E-state index contributed by atoms with van der Waals surface area (Å²) >= 11 is 0. The monoisotopic (exact) mass is 432 g/mol. The van der Waals surface area contributed by atoms with E-state index in [1.165, 1.54) is 0 Å². The van der Waals surface area contributed by atoms with Gasteiger partial charge in [0.1, 0.15) is 0 Å². The second-order valence-electron chi connectivity index (χ2n) is 10.4. The van der Waals surface area contributed by atoms with Crippen LogP contribution in [0.3, 0.4) is 0 Å². The van der Waals surface area contributed by atoms with Crippen LogP contribution in [0.15, 0.2) is 0 Å². The minimum absolute atomic E-state index is 0.369. The van der Waals surface area contributed by atoms with E-state index in [1.807, 2.05) is 7.06 Å². The Kier molecular flexibility index (Phi) is 20.4. The highest BCUT2D eigenvalue weighted by atomic mass is 13.4. The SMILES string of the molecule is [B]B([B])B(B([B])[B])B(B(B([B])[B])B([B])[B])B(B(B([B])[B])B([B])[B][BH3-])B(B(B([B])[B])B([B])[B])B(B([B])[B])B([B])[B]. The minimum Gasteiger partial charge on any atom is -0.158 e. The third kappa shape index (κ3) is 11.4. The first-order valence-electron chi connectivity index (χ1n) is 12.3. The molecule has 39 heavy (non-hydrogen) atoms. The number of rotatable bonds is 18. The van der Waals surface area contributed by atoms with Gasteiger partial charge in [-0.3, -0.25) is 0 Å². The molecular weight excluding hydrogens is 422 g/mol. The third-order valence-corrected chi connectivity index (χ3v) is 7.56. The summed E-state index contributed by atoms with van der Waals surface area (Å²) < 4.78 is 0. The van der Waals surface area contributed by atoms with Crippen molar-refractivity contribution in [2.45, 2.75) is 0 Å². The molecule has 0 saturated carbocycles. The topological polar surface area (TPSA) is 0 Å². The Bertz CT molecular complexity index is 502. The molecule has 0 aliphatic carbocycles. The Morgan fingerprint density at radius 3 is 0.538 bits per heavy atom. The lowest BCUT2D eigenvalue weighted by Crippen LogP contribution is -2.92. The molecule has 0 aromatic rings. The van der Waals surface area contributed by atoms with Gasteiger partial charge in [0.05, 0.1) is 0 Å². The molecule has 0 N–H and O–H groups in total. The van der Waals surface area contributed by atoms with Crippen molar-refractivity contribution in [1.82, 2.24) is 0 Å². The lowest BCUT2D eigenvalue weighted by molar-refractivity contribution is 3.22. The Hall–Kier alpha value is 2.53. The van der Waals surface area contributed by atoms with E-state index in [9.17, 15) is 0 Å². The van der Waals surface area contributed by atoms with Crippen LogP contribution in [0.1, 0.15) is 0 Å². The van der Waals surface area contributed by atoms with Crippen LogP contribution in [-0.2, 0) is 0 Å². The number of hydrogen-bond acceptors (Lipinski definition) is 0. The van der Waals surface area contributed by atoms with Gasteiger partial charge < -0.3 is 0 Å². The molecule has 0 aromatic heterocycles. The maximum atomic E-state index is 6.65. The fraction of sp³-hybridized carbons (Fsp3) is 0. The summed E-state index contributed by atoms with van der Waals surface area (Å²) in [6.07, 6.45) is -18.2. The van der Waals surface area contributed by atoms with Gasteiger partial charge in [0, 0.05) is 0 Å². The van der Waals surface area contributed by atoms with E-state index >= 15 is 0 Å². The first kappa shape index (κ1) is 41.5. The molecule has 0 aromatic carbocycles. The van der Waals surface area contributed by atoms with Crippen LogP contribution < -0.4 is 0 Å². The molecule has 0 bridgehead atoms. The van der Waals surface area contributed by atoms with Gasteiger partial charge in [-0.2, -0.15) is 7.06 Å². The van der Waals surface area contributed by atoms with Crippen molar-refractivity contribution in [2.75, 3.05) is 0 Å². The molecule has 39 radical (unpaired) electrons. The van der Waals surface area contributed by atoms with E-state index in [4.69, 9.17) is 147 Å². The summed E-state index contributed by atoms with van der Waals surface area (Å²) in [5.74, 6) is 0. The molecule has 0 unspecified atom stereocenters. The Morgan fingerprint density at radius 2 is 0.410 bits per heavy atom. The van der Waals surface area contributed by atoms with Crippen molar-refractivity contribution in [3.8, 4) is 0 Å². The van der Waals surface area contributed by atoms with E-state index in [1.54, 1.807) is 0 Å². The fourth-order valence-electron chi connectivity index (χ4n) is 6.16. The van der Waals surface area contributed by atoms with Crippen molar-refractivity contribution in [3.05, 3.63) is 0 Å². The molecule has 39 heteroatoms. The Balaban J connectivity index is 8.23. The molecule has 0 spiro atoms. The lowest BCUT2D eigenvalue weighted by atomic mass is 8.28. The van der Waals surface area contributed by atoms with Crippen molar-refractivity contribution in [1.29, 1.82) is 0 Å². The molecule has 0 nitrogen and oxygen atoms in total. The van der Waals surface area contributed by atoms with Gasteiger partial charge in [0.25, 0.3) is 0 Å². The minimum atomic E-state index is -1.13. The van der Waals surface area contributed by atoms with E-state index in [2.05, 4.69) is 0 Å². The summed E-state index contributed by atoms with van der Waals surface area (Å²) in [6.45, 7) is 0. The molecule has 0 saturated heterocycles. The van der Waals surface area contributed by atoms with Crippen molar-refractivity contribution >= 4 is 277 Å². The van der Waals surface area contributed by atoms with Crippen LogP contribution in [0.2, 0.25) is 0 Å². The largest absolute Gasteiger partial charge is 0.158 e. The van der Waals surface area contributed by atoms with Crippen LogP contribution in [0, 0.1) is 0 Å². The zero-order chi connectivity index (χ0) is 31.1. The molecule has 0 heterocycles. The zero-order valence-corrected chi connectivity index (χ0v) is 21.9. The maximum absolute atomic E-state index is 6.65. The van der Waals surface area contributed by atoms with Crippen molar-refractivity contribution in [2.24, 2.45) is 0 Å². The first-order chi connectivity index (χ1) is 17.8. The summed E-state index contributed by atoms with van der Waals surface area (Å²) in [7, 11) is 121. The summed E-state index contributed by atoms with van der Waals surface area (Å²) in [5.41, 5.74) is 0. The first-order valence-corrected chi connectivity index (χ1v) is 12.3. The van der Waals surface area contributed by atoms with Crippen LogP contribution in [-0.4, -0.2) is 277 Å². The normalized spacial score (nSPS) is 9.56. The van der Waals surface area contributed by atoms with E-state index in [0.29, 0.717) is 0 Å². The molecule has 0 atom stereocenters. The van der Waals surface area contributed by atoms with Crippen molar-refractivity contribution < 1.29 is 0 Å². The molecule has 0 amide bonds. The second-order valence-corrected chi connectivity index (χ2v) is 10.4. The Morgan fingerprint density at radius 1 is 0.256 bits per heavy atom. The molecule has 121 valence electrons. The fourth-order valence-corrected chi connectivity index (χ4v) is 6.16. The third-order valence-electron chi connectivity index (χ3n) is 7.56. The van der Waals surface area contributed by atoms with Gasteiger partial charge in [0.15, 0.2) is 0 Å². The summed E-state index contributed by atoms with van der Waals surface area (Å²) in [4.78, 5) is 0. The van der Waals surface area contributed by atoms with Crippen LogP contribution >= 0.6 is 0 Å². The van der Waals surface area contributed by atoms with E-state index in [0.717, 1.165) is 0 Å². The summed E-state index contributed by atoms with van der Waals surface area (Å²) in [5, 5.41) is 0. The van der Waals surface area contributed by atoms with Crippen LogP contribution in [0.4, 0.5) is 0 Å². The van der Waals surface area contributed by atoms with Gasteiger partial charge in [-0.05, 0) is 262 Å².